The number of hydrogen-bond acceptors (Lipinski definition) is 5. The molecule has 4 heterocycles. The van der Waals surface area contributed by atoms with Gasteiger partial charge in [-0.05, 0) is 177 Å². The van der Waals surface area contributed by atoms with Crippen LogP contribution in [0.5, 0.6) is 0 Å². The number of allylic oxidation sites excluding steroid dienone is 4. The van der Waals surface area contributed by atoms with Gasteiger partial charge in [0.15, 0.2) is 0 Å². The highest BCUT2D eigenvalue weighted by Crippen LogP contribution is 2.56. The predicted octanol–water partition coefficient (Wildman–Crippen LogP) is 18.3. The van der Waals surface area contributed by atoms with Crippen LogP contribution in [0, 0.1) is 0 Å². The third-order valence-corrected chi connectivity index (χ3v) is 20.0. The standard InChI is InChI=1S/C70H70BN3OS/c1-66(2,3)43-29-31-46(32-30-43)73-57-41-53-52(68(6,7)34-35-69(53,8)9)40-55(57)71-62-58(73)37-47(72(44-21-14-12-15-22-44)45-23-16-13-17-24-45)38-59(62)74(56-27-20-26-49-48-25-18-19-28-61(48)76-64(49)56)63-50-39-51-54(42-60(50)75-65(63)71)70(10,11)36-33-67(51,4)5/h12-16,18-23,25-32,37-42H,17,24,33-36H2,1-11H3. The average molecular weight is 1010 g/mol. The van der Waals surface area contributed by atoms with Gasteiger partial charge in [-0.3, -0.25) is 0 Å². The maximum absolute atomic E-state index is 7.84. The van der Waals surface area contributed by atoms with Crippen molar-refractivity contribution in [1.29, 1.82) is 0 Å². The molecule has 4 nitrogen and oxygen atoms in total. The van der Waals surface area contributed by atoms with Crippen LogP contribution in [0.1, 0.15) is 143 Å². The summed E-state index contributed by atoms with van der Waals surface area (Å²) in [6, 6.07) is 52.0. The van der Waals surface area contributed by atoms with Crippen LogP contribution in [0.25, 0.3) is 31.1 Å². The Morgan fingerprint density at radius 1 is 0.566 bits per heavy atom. The summed E-state index contributed by atoms with van der Waals surface area (Å²) in [5.74, 6) is 0. The zero-order valence-electron chi connectivity index (χ0n) is 46.4. The third-order valence-electron chi connectivity index (χ3n) is 18.8. The summed E-state index contributed by atoms with van der Waals surface area (Å²) in [5, 5.41) is 3.77. The van der Waals surface area contributed by atoms with Crippen LogP contribution in [0.15, 0.2) is 162 Å². The Hall–Kier alpha value is -6.76. The predicted molar refractivity (Wildman–Crippen MR) is 327 cm³/mol. The van der Waals surface area contributed by atoms with Gasteiger partial charge >= 0.3 is 0 Å². The van der Waals surface area contributed by atoms with Crippen LogP contribution in [-0.2, 0) is 27.1 Å². The SMILES string of the molecule is CC(C)(C)c1ccc(N2c3cc4c(cc3B3c5oc6cc7c(cc6c5N(c5cccc6c5sc5ccccc56)c5cc(N(C6=CC=CCC6)c6ccccc6)cc2c53)C(C)(C)CCC7(C)C)C(C)(C)CCC4(C)C)cc1. The Kier molecular flexibility index (Phi) is 10.3. The molecule has 0 amide bonds. The molecule has 9 aromatic rings. The third kappa shape index (κ3) is 7.07. The number of para-hydroxylation sites is 1. The monoisotopic (exact) mass is 1010 g/mol. The van der Waals surface area contributed by atoms with Gasteiger partial charge in [-0.25, -0.2) is 0 Å². The highest BCUT2D eigenvalue weighted by atomic mass is 32.1. The van der Waals surface area contributed by atoms with Crippen molar-refractivity contribution in [2.24, 2.45) is 0 Å². The molecule has 0 saturated heterocycles. The summed E-state index contributed by atoms with van der Waals surface area (Å²) in [4.78, 5) is 7.86. The van der Waals surface area contributed by atoms with Gasteiger partial charge in [-0.15, -0.1) is 11.3 Å². The number of anilines is 8. The van der Waals surface area contributed by atoms with Gasteiger partial charge in [0.1, 0.15) is 5.58 Å². The minimum atomic E-state index is -0.189. The van der Waals surface area contributed by atoms with Crippen molar-refractivity contribution in [2.45, 2.75) is 142 Å². The Labute approximate surface area is 454 Å². The number of fused-ring (bicyclic) bond motifs is 11. The normalized spacial score (nSPS) is 18.5. The fraction of sp³-hybridized carbons (Fsp3) is 0.314. The average Bonchev–Trinajstić information content (AvgIpc) is 4.02. The fourth-order valence-electron chi connectivity index (χ4n) is 14.1. The first kappa shape index (κ1) is 47.7. The molecule has 380 valence electrons. The topological polar surface area (TPSA) is 22.9 Å². The second-order valence-electron chi connectivity index (χ2n) is 26.5. The van der Waals surface area contributed by atoms with Gasteiger partial charge in [-0.2, -0.15) is 0 Å². The highest BCUT2D eigenvalue weighted by Gasteiger charge is 2.50. The summed E-state index contributed by atoms with van der Waals surface area (Å²) in [5.41, 5.74) is 22.5. The second-order valence-corrected chi connectivity index (χ2v) is 27.6. The number of thiophene rings is 1. The van der Waals surface area contributed by atoms with Crippen LogP contribution in [-0.4, -0.2) is 6.71 Å². The molecule has 0 bridgehead atoms. The molecule has 0 spiro atoms. The molecule has 0 unspecified atom stereocenters. The van der Waals surface area contributed by atoms with E-state index in [4.69, 9.17) is 4.42 Å². The summed E-state index contributed by atoms with van der Waals surface area (Å²) in [7, 11) is 0. The van der Waals surface area contributed by atoms with Crippen LogP contribution >= 0.6 is 11.3 Å². The van der Waals surface area contributed by atoms with Gasteiger partial charge in [-0.1, -0.05) is 155 Å². The Morgan fingerprint density at radius 3 is 1.86 bits per heavy atom. The fourth-order valence-corrected chi connectivity index (χ4v) is 15.3. The van der Waals surface area contributed by atoms with E-state index in [-0.39, 0.29) is 33.8 Å². The first-order valence-electron chi connectivity index (χ1n) is 28.1. The maximum atomic E-state index is 7.84. The first-order chi connectivity index (χ1) is 36.3. The summed E-state index contributed by atoms with van der Waals surface area (Å²) < 4.78 is 10.4. The molecule has 0 N–H and O–H groups in total. The van der Waals surface area contributed by atoms with Gasteiger partial charge in [0.05, 0.1) is 21.7 Å². The Balaban J connectivity index is 1.17. The molecule has 0 fully saturated rings. The molecule has 7 aromatic carbocycles. The lowest BCUT2D eigenvalue weighted by atomic mass is 9.35. The molecule has 6 heteroatoms. The Morgan fingerprint density at radius 2 is 1.18 bits per heavy atom. The van der Waals surface area contributed by atoms with E-state index in [0.29, 0.717) is 0 Å². The zero-order valence-corrected chi connectivity index (χ0v) is 47.2. The number of nitrogens with zero attached hydrogens (tertiary/aromatic N) is 3. The van der Waals surface area contributed by atoms with Crippen molar-refractivity contribution in [3.63, 3.8) is 0 Å². The van der Waals surface area contributed by atoms with E-state index in [1.54, 1.807) is 0 Å². The molecule has 0 radical (unpaired) electrons. The smallest absolute Gasteiger partial charge is 0.297 e. The summed E-state index contributed by atoms with van der Waals surface area (Å²) in [6.07, 6.45) is 13.4. The number of hydrogen-bond donors (Lipinski definition) is 0. The van der Waals surface area contributed by atoms with Gasteiger partial charge < -0.3 is 19.1 Å². The molecule has 5 aliphatic rings. The lowest BCUT2D eigenvalue weighted by Crippen LogP contribution is -2.61. The molecular weight excluding hydrogens is 942 g/mol. The number of furan rings is 1. The van der Waals surface area contributed by atoms with E-state index in [2.05, 4.69) is 243 Å². The second kappa shape index (κ2) is 16.4. The van der Waals surface area contributed by atoms with Crippen molar-refractivity contribution < 1.29 is 4.42 Å². The first-order valence-corrected chi connectivity index (χ1v) is 28.9. The van der Waals surface area contributed by atoms with Crippen molar-refractivity contribution in [2.75, 3.05) is 14.7 Å². The van der Waals surface area contributed by atoms with Crippen LogP contribution < -0.4 is 31.3 Å². The number of benzene rings is 7. The molecule has 2 aliphatic heterocycles. The molecule has 0 atom stereocenters. The van der Waals surface area contributed by atoms with Crippen molar-refractivity contribution in [3.8, 4) is 0 Å². The van der Waals surface area contributed by atoms with Gasteiger partial charge in [0, 0.05) is 60.7 Å². The molecule has 2 aromatic heterocycles. The van der Waals surface area contributed by atoms with Gasteiger partial charge in [0.25, 0.3) is 6.71 Å². The minimum Gasteiger partial charge on any atom is -0.468 e. The number of rotatable bonds is 5. The lowest BCUT2D eigenvalue weighted by molar-refractivity contribution is 0.332. The van der Waals surface area contributed by atoms with Crippen molar-refractivity contribution in [1.82, 2.24) is 0 Å². The molecule has 3 aliphatic carbocycles. The molecular formula is C70H70BN3OS. The van der Waals surface area contributed by atoms with Crippen molar-refractivity contribution in [3.05, 3.63) is 185 Å². The quantitative estimate of drug-likeness (QED) is 0.160. The minimum absolute atomic E-state index is 0.00269. The largest absolute Gasteiger partial charge is 0.468 e. The van der Waals surface area contributed by atoms with E-state index in [1.165, 1.54) is 98.4 Å². The summed E-state index contributed by atoms with van der Waals surface area (Å²) >= 11 is 1.91. The zero-order chi connectivity index (χ0) is 52.4. The van der Waals surface area contributed by atoms with Crippen LogP contribution in [0.3, 0.4) is 0 Å². The Bertz CT molecular complexity index is 3950. The van der Waals surface area contributed by atoms with Crippen LogP contribution in [0.4, 0.5) is 45.5 Å². The highest BCUT2D eigenvalue weighted by molar-refractivity contribution is 7.26. The van der Waals surface area contributed by atoms with Gasteiger partial charge in [0.2, 0.25) is 0 Å². The molecule has 0 saturated carbocycles. The molecule has 14 rings (SSSR count). The van der Waals surface area contributed by atoms with E-state index in [9.17, 15) is 0 Å². The maximum Gasteiger partial charge on any atom is 0.297 e. The van der Waals surface area contributed by atoms with Crippen molar-refractivity contribution >= 4 is 111 Å². The van der Waals surface area contributed by atoms with E-state index in [0.717, 1.165) is 66.8 Å². The van der Waals surface area contributed by atoms with Crippen LogP contribution in [0.2, 0.25) is 0 Å². The van der Waals surface area contributed by atoms with E-state index in [1.807, 2.05) is 11.3 Å². The van der Waals surface area contributed by atoms with E-state index >= 15 is 0 Å². The summed E-state index contributed by atoms with van der Waals surface area (Å²) in [6.45, 7) is 26.5. The molecule has 76 heavy (non-hydrogen) atoms. The van der Waals surface area contributed by atoms with E-state index < -0.39 is 0 Å². The lowest BCUT2D eigenvalue weighted by Gasteiger charge is -2.47.